The largest absolute Gasteiger partial charge is 0.519 e. The van der Waals surface area contributed by atoms with E-state index in [-0.39, 0.29) is 30.5 Å². The maximum Gasteiger partial charge on any atom is 0.519 e. The molecule has 0 saturated heterocycles. The molecule has 1 aromatic rings. The SMILES string of the molecule is Cc1oc(=O)oc1COC(=O)CCCC(=O)C(C)C. The predicted octanol–water partition coefficient (Wildman–Crippen LogP) is 1.98. The van der Waals surface area contributed by atoms with E-state index in [4.69, 9.17) is 4.74 Å². The summed E-state index contributed by atoms with van der Waals surface area (Å²) in [5, 5.41) is 0. The smallest absolute Gasteiger partial charge is 0.457 e. The van der Waals surface area contributed by atoms with Crippen molar-refractivity contribution in [1.29, 1.82) is 0 Å². The monoisotopic (exact) mass is 270 g/mol. The molecule has 0 atom stereocenters. The fourth-order valence-electron chi connectivity index (χ4n) is 1.42. The average molecular weight is 270 g/mol. The second-order valence-corrected chi connectivity index (χ2v) is 4.57. The highest BCUT2D eigenvalue weighted by atomic mass is 16.6. The van der Waals surface area contributed by atoms with Crippen LogP contribution in [0.15, 0.2) is 13.6 Å². The first-order chi connectivity index (χ1) is 8.90. The Kier molecular flexibility index (Phi) is 5.54. The molecule has 0 unspecified atom stereocenters. The number of hydrogen-bond acceptors (Lipinski definition) is 6. The molecule has 1 aromatic heterocycles. The summed E-state index contributed by atoms with van der Waals surface area (Å²) in [7, 11) is 0. The molecule has 0 fully saturated rings. The van der Waals surface area contributed by atoms with Gasteiger partial charge >= 0.3 is 11.8 Å². The molecule has 0 aromatic carbocycles. The van der Waals surface area contributed by atoms with Gasteiger partial charge in [0.2, 0.25) is 0 Å². The standard InChI is InChI=1S/C13H18O6/c1-8(2)10(14)5-4-6-12(15)17-7-11-9(3)18-13(16)19-11/h8H,4-7H2,1-3H3. The molecule has 0 aliphatic rings. The van der Waals surface area contributed by atoms with Gasteiger partial charge in [-0.25, -0.2) is 4.79 Å². The van der Waals surface area contributed by atoms with E-state index in [1.807, 2.05) is 13.8 Å². The molecule has 1 rings (SSSR count). The van der Waals surface area contributed by atoms with Crippen LogP contribution in [0.2, 0.25) is 0 Å². The lowest BCUT2D eigenvalue weighted by Gasteiger charge is -2.04. The van der Waals surface area contributed by atoms with Crippen LogP contribution >= 0.6 is 0 Å². The maximum atomic E-state index is 11.4. The highest BCUT2D eigenvalue weighted by molar-refractivity contribution is 5.80. The Labute approximate surface area is 110 Å². The third-order valence-corrected chi connectivity index (χ3v) is 2.65. The lowest BCUT2D eigenvalue weighted by molar-refractivity contribution is -0.145. The van der Waals surface area contributed by atoms with Gasteiger partial charge in [-0.05, 0) is 13.3 Å². The van der Waals surface area contributed by atoms with Crippen LogP contribution in [0.4, 0.5) is 0 Å². The number of ether oxygens (including phenoxy) is 1. The Bertz CT molecular complexity index is 493. The van der Waals surface area contributed by atoms with Gasteiger partial charge in [-0.2, -0.15) is 0 Å². The van der Waals surface area contributed by atoms with Gasteiger partial charge in [-0.3, -0.25) is 9.59 Å². The second-order valence-electron chi connectivity index (χ2n) is 4.57. The number of aryl methyl sites for hydroxylation is 1. The number of esters is 1. The molecule has 0 radical (unpaired) electrons. The minimum atomic E-state index is -0.814. The Morgan fingerprint density at radius 3 is 2.42 bits per heavy atom. The van der Waals surface area contributed by atoms with E-state index in [0.29, 0.717) is 18.6 Å². The van der Waals surface area contributed by atoms with Gasteiger partial charge in [0.15, 0.2) is 18.1 Å². The van der Waals surface area contributed by atoms with Gasteiger partial charge in [0, 0.05) is 18.8 Å². The van der Waals surface area contributed by atoms with Crippen LogP contribution in [0.1, 0.15) is 44.6 Å². The van der Waals surface area contributed by atoms with Crippen LogP contribution in [0, 0.1) is 12.8 Å². The van der Waals surface area contributed by atoms with Crippen LogP contribution in [-0.4, -0.2) is 11.8 Å². The number of carbonyl (C=O) groups excluding carboxylic acids is 2. The van der Waals surface area contributed by atoms with Gasteiger partial charge in [-0.15, -0.1) is 0 Å². The Balaban J connectivity index is 2.27. The molecule has 0 N–H and O–H groups in total. The topological polar surface area (TPSA) is 86.7 Å². The zero-order valence-corrected chi connectivity index (χ0v) is 11.4. The Morgan fingerprint density at radius 1 is 1.21 bits per heavy atom. The van der Waals surface area contributed by atoms with Crippen molar-refractivity contribution in [2.45, 2.75) is 46.6 Å². The normalized spacial score (nSPS) is 10.7. The second kappa shape index (κ2) is 6.92. The minimum absolute atomic E-state index is 0.0149. The van der Waals surface area contributed by atoms with E-state index in [0.717, 1.165) is 0 Å². The zero-order valence-electron chi connectivity index (χ0n) is 11.4. The fraction of sp³-hybridized carbons (Fsp3) is 0.615. The van der Waals surface area contributed by atoms with Crippen molar-refractivity contribution < 1.29 is 23.2 Å². The first-order valence-corrected chi connectivity index (χ1v) is 6.18. The van der Waals surface area contributed by atoms with Crippen molar-refractivity contribution in [2.24, 2.45) is 5.92 Å². The van der Waals surface area contributed by atoms with Gasteiger partial charge < -0.3 is 13.6 Å². The van der Waals surface area contributed by atoms with Crippen molar-refractivity contribution in [3.05, 3.63) is 22.1 Å². The molecule has 0 aliphatic carbocycles. The lowest BCUT2D eigenvalue weighted by Crippen LogP contribution is -2.09. The predicted molar refractivity (Wildman–Crippen MR) is 65.5 cm³/mol. The number of hydrogen-bond donors (Lipinski definition) is 0. The summed E-state index contributed by atoms with van der Waals surface area (Å²) in [6.07, 6.45) is 0.996. The Morgan fingerprint density at radius 2 is 1.89 bits per heavy atom. The first-order valence-electron chi connectivity index (χ1n) is 6.18. The third kappa shape index (κ3) is 5.11. The molecular weight excluding hydrogens is 252 g/mol. The summed E-state index contributed by atoms with van der Waals surface area (Å²) in [5.41, 5.74) is 0. The van der Waals surface area contributed by atoms with E-state index in [9.17, 15) is 14.4 Å². The number of rotatable bonds is 7. The summed E-state index contributed by atoms with van der Waals surface area (Å²) in [6.45, 7) is 5.07. The zero-order chi connectivity index (χ0) is 14.4. The van der Waals surface area contributed by atoms with Gasteiger partial charge in [0.05, 0.1) is 0 Å². The first kappa shape index (κ1) is 15.2. The van der Waals surface area contributed by atoms with Crippen LogP contribution in [-0.2, 0) is 20.9 Å². The quantitative estimate of drug-likeness (QED) is 0.704. The number of ketones is 1. The highest BCUT2D eigenvalue weighted by Crippen LogP contribution is 2.09. The van der Waals surface area contributed by atoms with Gasteiger partial charge in [0.1, 0.15) is 5.78 Å². The molecular formula is C13H18O6. The summed E-state index contributed by atoms with van der Waals surface area (Å²) in [4.78, 5) is 33.5. The van der Waals surface area contributed by atoms with Crippen molar-refractivity contribution in [2.75, 3.05) is 0 Å². The van der Waals surface area contributed by atoms with Crippen molar-refractivity contribution in [3.63, 3.8) is 0 Å². The Hall–Kier alpha value is -1.85. The average Bonchev–Trinajstić information content (AvgIpc) is 2.65. The summed E-state index contributed by atoms with van der Waals surface area (Å²) in [5.74, 6) is -0.626. The van der Waals surface area contributed by atoms with Gasteiger partial charge in [0.25, 0.3) is 0 Å². The van der Waals surface area contributed by atoms with Crippen molar-refractivity contribution in [1.82, 2.24) is 0 Å². The van der Waals surface area contributed by atoms with E-state index < -0.39 is 11.8 Å². The van der Waals surface area contributed by atoms with E-state index in [2.05, 4.69) is 8.83 Å². The molecule has 19 heavy (non-hydrogen) atoms. The molecule has 0 amide bonds. The van der Waals surface area contributed by atoms with Crippen molar-refractivity contribution in [3.8, 4) is 0 Å². The van der Waals surface area contributed by atoms with Crippen LogP contribution in [0.5, 0.6) is 0 Å². The fourth-order valence-corrected chi connectivity index (χ4v) is 1.42. The molecule has 0 bridgehead atoms. The number of Topliss-reactive ketones (excluding diaryl/α,β-unsaturated/α-hetero) is 1. The molecule has 1 heterocycles. The molecule has 6 nitrogen and oxygen atoms in total. The van der Waals surface area contributed by atoms with Crippen LogP contribution < -0.4 is 5.82 Å². The molecule has 6 heteroatoms. The molecule has 0 spiro atoms. The molecule has 0 aliphatic heterocycles. The highest BCUT2D eigenvalue weighted by Gasteiger charge is 2.12. The summed E-state index contributed by atoms with van der Waals surface area (Å²) in [6, 6.07) is 0. The van der Waals surface area contributed by atoms with Crippen LogP contribution in [0.3, 0.4) is 0 Å². The van der Waals surface area contributed by atoms with E-state index >= 15 is 0 Å². The van der Waals surface area contributed by atoms with E-state index in [1.54, 1.807) is 6.92 Å². The lowest BCUT2D eigenvalue weighted by atomic mass is 10.0. The maximum absolute atomic E-state index is 11.4. The van der Waals surface area contributed by atoms with E-state index in [1.165, 1.54) is 0 Å². The molecule has 106 valence electrons. The van der Waals surface area contributed by atoms with Crippen molar-refractivity contribution >= 4 is 11.8 Å². The van der Waals surface area contributed by atoms with Gasteiger partial charge in [-0.1, -0.05) is 13.8 Å². The summed E-state index contributed by atoms with van der Waals surface area (Å²) < 4.78 is 14.2. The minimum Gasteiger partial charge on any atom is -0.457 e. The molecule has 0 saturated carbocycles. The summed E-state index contributed by atoms with van der Waals surface area (Å²) >= 11 is 0. The third-order valence-electron chi connectivity index (χ3n) is 2.65. The van der Waals surface area contributed by atoms with Crippen LogP contribution in [0.25, 0.3) is 0 Å². The number of carbonyl (C=O) groups is 2.